The van der Waals surface area contributed by atoms with Crippen LogP contribution in [-0.2, 0) is 11.3 Å². The van der Waals surface area contributed by atoms with Crippen LogP contribution in [0.1, 0.15) is 18.4 Å². The highest BCUT2D eigenvalue weighted by atomic mass is 35.5. The van der Waals surface area contributed by atoms with E-state index in [1.54, 1.807) is 0 Å². The molecular weight excluding hydrogens is 222 g/mol. The molecule has 1 aromatic rings. The molecule has 1 unspecified atom stereocenters. The van der Waals surface area contributed by atoms with Crippen molar-refractivity contribution in [3.05, 3.63) is 35.9 Å². The second-order valence-corrected chi connectivity index (χ2v) is 4.21. The molecule has 0 aromatic heterocycles. The molecule has 0 radical (unpaired) electrons. The molecule has 0 bridgehead atoms. The Balaban J connectivity index is 0.00000128. The van der Waals surface area contributed by atoms with Gasteiger partial charge in [0, 0.05) is 6.54 Å². The second kappa shape index (κ2) is 7.66. The molecule has 2 nitrogen and oxygen atoms in total. The fourth-order valence-electron chi connectivity index (χ4n) is 1.98. The number of benzene rings is 1. The van der Waals surface area contributed by atoms with Crippen molar-refractivity contribution in [2.24, 2.45) is 5.92 Å². The highest BCUT2D eigenvalue weighted by molar-refractivity contribution is 5.85. The van der Waals surface area contributed by atoms with Gasteiger partial charge < -0.3 is 10.1 Å². The van der Waals surface area contributed by atoms with Crippen molar-refractivity contribution in [2.75, 3.05) is 19.7 Å². The molecule has 1 N–H and O–H groups in total. The minimum Gasteiger partial charge on any atom is -0.376 e. The molecule has 1 atom stereocenters. The average Bonchev–Trinajstić information content (AvgIpc) is 2.32. The summed E-state index contributed by atoms with van der Waals surface area (Å²) in [5, 5.41) is 3.40. The smallest absolute Gasteiger partial charge is 0.0717 e. The average molecular weight is 242 g/mol. The summed E-state index contributed by atoms with van der Waals surface area (Å²) in [7, 11) is 0. The molecule has 1 aliphatic heterocycles. The van der Waals surface area contributed by atoms with Crippen LogP contribution in [0.5, 0.6) is 0 Å². The fraction of sp³-hybridized carbons (Fsp3) is 0.538. The van der Waals surface area contributed by atoms with Gasteiger partial charge in [0.15, 0.2) is 0 Å². The van der Waals surface area contributed by atoms with Crippen LogP contribution in [0.25, 0.3) is 0 Å². The van der Waals surface area contributed by atoms with Crippen molar-refractivity contribution >= 4 is 12.4 Å². The van der Waals surface area contributed by atoms with Gasteiger partial charge in [0.05, 0.1) is 13.2 Å². The lowest BCUT2D eigenvalue weighted by Gasteiger charge is -2.22. The molecule has 1 saturated heterocycles. The summed E-state index contributed by atoms with van der Waals surface area (Å²) in [6.45, 7) is 3.93. The Hall–Kier alpha value is -0.570. The SMILES string of the molecule is Cl.c1ccc(COCC2CCCNC2)cc1. The van der Waals surface area contributed by atoms with Crippen molar-refractivity contribution in [1.82, 2.24) is 5.32 Å². The highest BCUT2D eigenvalue weighted by Gasteiger charge is 2.12. The van der Waals surface area contributed by atoms with Gasteiger partial charge in [-0.2, -0.15) is 0 Å². The third-order valence-electron chi connectivity index (χ3n) is 2.86. The number of ether oxygens (including phenoxy) is 1. The van der Waals surface area contributed by atoms with Crippen LogP contribution in [0.3, 0.4) is 0 Å². The van der Waals surface area contributed by atoms with E-state index >= 15 is 0 Å². The largest absolute Gasteiger partial charge is 0.376 e. The zero-order valence-electron chi connectivity index (χ0n) is 9.52. The van der Waals surface area contributed by atoms with Crippen LogP contribution in [-0.4, -0.2) is 19.7 Å². The topological polar surface area (TPSA) is 21.3 Å². The molecule has 0 saturated carbocycles. The minimum atomic E-state index is 0. The summed E-state index contributed by atoms with van der Waals surface area (Å²) >= 11 is 0. The lowest BCUT2D eigenvalue weighted by atomic mass is 10.0. The van der Waals surface area contributed by atoms with Gasteiger partial charge >= 0.3 is 0 Å². The lowest BCUT2D eigenvalue weighted by Crippen LogP contribution is -2.32. The number of piperidine rings is 1. The molecule has 0 spiro atoms. The van der Waals surface area contributed by atoms with Crippen molar-refractivity contribution < 1.29 is 4.74 Å². The first-order chi connectivity index (χ1) is 7.45. The Labute approximate surface area is 104 Å². The summed E-state index contributed by atoms with van der Waals surface area (Å²) in [4.78, 5) is 0. The predicted molar refractivity (Wildman–Crippen MR) is 68.9 cm³/mol. The van der Waals surface area contributed by atoms with Gasteiger partial charge in [-0.25, -0.2) is 0 Å². The van der Waals surface area contributed by atoms with Gasteiger partial charge in [-0.15, -0.1) is 12.4 Å². The molecule has 2 rings (SSSR count). The van der Waals surface area contributed by atoms with E-state index in [2.05, 4.69) is 29.6 Å². The van der Waals surface area contributed by atoms with Crippen molar-refractivity contribution in [3.63, 3.8) is 0 Å². The first-order valence-corrected chi connectivity index (χ1v) is 5.77. The van der Waals surface area contributed by atoms with E-state index in [0.29, 0.717) is 5.92 Å². The molecule has 90 valence electrons. The van der Waals surface area contributed by atoms with Crippen LogP contribution in [0.2, 0.25) is 0 Å². The third kappa shape index (κ3) is 4.52. The Morgan fingerprint density at radius 2 is 2.06 bits per heavy atom. The van der Waals surface area contributed by atoms with Crippen LogP contribution < -0.4 is 5.32 Å². The molecule has 1 aliphatic rings. The van der Waals surface area contributed by atoms with E-state index in [1.807, 2.05) is 6.07 Å². The van der Waals surface area contributed by atoms with E-state index in [1.165, 1.54) is 24.9 Å². The number of hydrogen-bond donors (Lipinski definition) is 1. The molecular formula is C13H20ClNO. The van der Waals surface area contributed by atoms with E-state index in [-0.39, 0.29) is 12.4 Å². The van der Waals surface area contributed by atoms with E-state index in [0.717, 1.165) is 19.8 Å². The molecule has 16 heavy (non-hydrogen) atoms. The Morgan fingerprint density at radius 1 is 1.25 bits per heavy atom. The molecule has 3 heteroatoms. The van der Waals surface area contributed by atoms with Crippen molar-refractivity contribution in [2.45, 2.75) is 19.4 Å². The number of nitrogens with one attached hydrogen (secondary N) is 1. The van der Waals surface area contributed by atoms with E-state index < -0.39 is 0 Å². The highest BCUT2D eigenvalue weighted by Crippen LogP contribution is 2.11. The summed E-state index contributed by atoms with van der Waals surface area (Å²) in [5.74, 6) is 0.711. The van der Waals surface area contributed by atoms with E-state index in [9.17, 15) is 0 Å². The Morgan fingerprint density at radius 3 is 2.75 bits per heavy atom. The van der Waals surface area contributed by atoms with Gasteiger partial charge in [-0.1, -0.05) is 30.3 Å². The van der Waals surface area contributed by atoms with Gasteiger partial charge in [-0.05, 0) is 30.9 Å². The third-order valence-corrected chi connectivity index (χ3v) is 2.86. The van der Waals surface area contributed by atoms with E-state index in [4.69, 9.17) is 4.74 Å². The van der Waals surface area contributed by atoms with Crippen LogP contribution in [0, 0.1) is 5.92 Å². The first kappa shape index (κ1) is 13.5. The zero-order valence-corrected chi connectivity index (χ0v) is 10.3. The first-order valence-electron chi connectivity index (χ1n) is 5.77. The quantitative estimate of drug-likeness (QED) is 0.875. The molecule has 1 fully saturated rings. The summed E-state index contributed by atoms with van der Waals surface area (Å²) in [6, 6.07) is 10.4. The predicted octanol–water partition coefficient (Wildman–Crippen LogP) is 2.62. The monoisotopic (exact) mass is 241 g/mol. The molecule has 0 amide bonds. The van der Waals surface area contributed by atoms with Gasteiger partial charge in [0.25, 0.3) is 0 Å². The molecule has 0 aliphatic carbocycles. The lowest BCUT2D eigenvalue weighted by molar-refractivity contribution is 0.0783. The minimum absolute atomic E-state index is 0. The number of rotatable bonds is 4. The number of halogens is 1. The van der Waals surface area contributed by atoms with Gasteiger partial charge in [-0.3, -0.25) is 0 Å². The summed E-state index contributed by atoms with van der Waals surface area (Å²) in [5.41, 5.74) is 1.27. The summed E-state index contributed by atoms with van der Waals surface area (Å²) < 4.78 is 5.72. The normalized spacial score (nSPS) is 20.1. The van der Waals surface area contributed by atoms with Crippen LogP contribution in [0.15, 0.2) is 30.3 Å². The summed E-state index contributed by atoms with van der Waals surface area (Å²) in [6.07, 6.45) is 2.60. The Bertz CT molecular complexity index is 273. The molecule has 1 heterocycles. The van der Waals surface area contributed by atoms with Crippen LogP contribution >= 0.6 is 12.4 Å². The zero-order chi connectivity index (χ0) is 10.3. The second-order valence-electron chi connectivity index (χ2n) is 4.21. The van der Waals surface area contributed by atoms with Crippen LogP contribution in [0.4, 0.5) is 0 Å². The maximum Gasteiger partial charge on any atom is 0.0717 e. The molecule has 1 aromatic carbocycles. The fourth-order valence-corrected chi connectivity index (χ4v) is 1.98. The van der Waals surface area contributed by atoms with Gasteiger partial charge in [0.1, 0.15) is 0 Å². The van der Waals surface area contributed by atoms with Crippen molar-refractivity contribution in [1.29, 1.82) is 0 Å². The standard InChI is InChI=1S/C13H19NO.ClH/c1-2-5-12(6-3-1)10-15-11-13-7-4-8-14-9-13;/h1-3,5-6,13-14H,4,7-11H2;1H. The maximum atomic E-state index is 5.72. The number of hydrogen-bond acceptors (Lipinski definition) is 2. The Kier molecular flexibility index (Phi) is 6.46. The maximum absolute atomic E-state index is 5.72. The van der Waals surface area contributed by atoms with Gasteiger partial charge in [0.2, 0.25) is 0 Å². The van der Waals surface area contributed by atoms with Crippen molar-refractivity contribution in [3.8, 4) is 0 Å².